The molecule has 0 saturated carbocycles. The predicted octanol–water partition coefficient (Wildman–Crippen LogP) is 5.23. The van der Waals surface area contributed by atoms with Gasteiger partial charge >= 0.3 is 0 Å². The number of rotatable bonds is 4. The molecule has 0 bridgehead atoms. The quantitative estimate of drug-likeness (QED) is 0.595. The normalized spacial score (nSPS) is 10.6. The lowest BCUT2D eigenvalue weighted by Crippen LogP contribution is -1.79. The second-order valence-corrected chi connectivity index (χ2v) is 3.83. The number of halogens is 2. The van der Waals surface area contributed by atoms with Gasteiger partial charge in [-0.2, -0.15) is 5.11 Å². The van der Waals surface area contributed by atoms with Crippen LogP contribution in [0.2, 0.25) is 0 Å². The van der Waals surface area contributed by atoms with Crippen molar-refractivity contribution >= 4 is 46.3 Å². The summed E-state index contributed by atoms with van der Waals surface area (Å²) in [4.78, 5) is 5.06. The van der Waals surface area contributed by atoms with Crippen LogP contribution >= 0.6 is 23.6 Å². The van der Waals surface area contributed by atoms with Crippen molar-refractivity contribution in [2.75, 3.05) is 9.67 Å². The van der Waals surface area contributed by atoms with E-state index in [1.807, 2.05) is 42.5 Å². The second-order valence-electron chi connectivity index (χ2n) is 3.46. The summed E-state index contributed by atoms with van der Waals surface area (Å²) in [7, 11) is 0. The van der Waals surface area contributed by atoms with Gasteiger partial charge < -0.3 is 0 Å². The van der Waals surface area contributed by atoms with Crippen LogP contribution in [0.15, 0.2) is 58.8 Å². The summed E-state index contributed by atoms with van der Waals surface area (Å²) >= 11 is 11.1. The van der Waals surface area contributed by atoms with Gasteiger partial charge in [-0.3, -0.25) is 9.67 Å². The Kier molecular flexibility index (Phi) is 4.39. The first kappa shape index (κ1) is 12.7. The first-order valence-corrected chi connectivity index (χ1v) is 5.93. The molecule has 2 aromatic carbocycles. The average molecular weight is 281 g/mol. The predicted molar refractivity (Wildman–Crippen MR) is 76.0 cm³/mol. The molecule has 0 aliphatic rings. The molecule has 2 rings (SSSR count). The summed E-state index contributed by atoms with van der Waals surface area (Å²) in [6, 6.07) is 14.6. The fourth-order valence-corrected chi connectivity index (χ4v) is 1.66. The molecular weight excluding hydrogens is 271 g/mol. The number of hydrogen-bond donors (Lipinski definition) is 2. The Morgan fingerprint density at radius 1 is 0.833 bits per heavy atom. The lowest BCUT2D eigenvalue weighted by Gasteiger charge is -2.01. The Morgan fingerprint density at radius 2 is 1.67 bits per heavy atom. The van der Waals surface area contributed by atoms with E-state index < -0.39 is 0 Å². The molecule has 0 saturated heterocycles. The van der Waals surface area contributed by atoms with E-state index in [1.165, 1.54) is 0 Å². The van der Waals surface area contributed by atoms with Gasteiger partial charge in [-0.15, -0.1) is 5.11 Å². The summed E-state index contributed by atoms with van der Waals surface area (Å²) in [5, 5.41) is 8.25. The van der Waals surface area contributed by atoms with Crippen LogP contribution in [0, 0.1) is 0 Å². The smallest absolute Gasteiger partial charge is 0.110 e. The molecule has 6 heteroatoms. The van der Waals surface area contributed by atoms with Crippen LogP contribution in [0.1, 0.15) is 0 Å². The van der Waals surface area contributed by atoms with Crippen molar-refractivity contribution in [2.24, 2.45) is 10.2 Å². The highest BCUT2D eigenvalue weighted by atomic mass is 35.5. The Hall–Kier alpha value is -1.78. The van der Waals surface area contributed by atoms with E-state index in [0.717, 1.165) is 5.69 Å². The van der Waals surface area contributed by atoms with E-state index in [9.17, 15) is 0 Å². The van der Waals surface area contributed by atoms with Gasteiger partial charge in [-0.05, 0) is 30.3 Å². The summed E-state index contributed by atoms with van der Waals surface area (Å²) in [6.45, 7) is 0. The Morgan fingerprint density at radius 3 is 2.44 bits per heavy atom. The van der Waals surface area contributed by atoms with Crippen LogP contribution in [0.3, 0.4) is 0 Å². The lowest BCUT2D eigenvalue weighted by molar-refractivity contribution is 1.23. The molecule has 0 atom stereocenters. The van der Waals surface area contributed by atoms with Gasteiger partial charge in [-0.1, -0.05) is 18.2 Å². The van der Waals surface area contributed by atoms with Crippen LogP contribution < -0.4 is 9.67 Å². The second kappa shape index (κ2) is 6.23. The van der Waals surface area contributed by atoms with Crippen molar-refractivity contribution in [3.05, 3.63) is 48.5 Å². The number of hydrogen-bond acceptors (Lipinski definition) is 4. The highest BCUT2D eigenvalue weighted by molar-refractivity contribution is 6.24. The maximum atomic E-state index is 5.58. The van der Waals surface area contributed by atoms with Gasteiger partial charge in [-0.25, -0.2) is 0 Å². The van der Waals surface area contributed by atoms with Gasteiger partial charge in [0.1, 0.15) is 5.69 Å². The van der Waals surface area contributed by atoms with Gasteiger partial charge in [0.05, 0.1) is 17.1 Å². The highest BCUT2D eigenvalue weighted by Crippen LogP contribution is 2.27. The third-order valence-electron chi connectivity index (χ3n) is 2.23. The zero-order valence-electron chi connectivity index (χ0n) is 9.27. The van der Waals surface area contributed by atoms with Crippen molar-refractivity contribution in [3.8, 4) is 0 Å². The number of benzene rings is 2. The van der Waals surface area contributed by atoms with Crippen LogP contribution in [0.5, 0.6) is 0 Å². The van der Waals surface area contributed by atoms with E-state index in [2.05, 4.69) is 19.9 Å². The zero-order valence-corrected chi connectivity index (χ0v) is 10.8. The van der Waals surface area contributed by atoms with Crippen LogP contribution in [0.4, 0.5) is 22.7 Å². The number of nitrogens with one attached hydrogen (secondary N) is 2. The van der Waals surface area contributed by atoms with Gasteiger partial charge in [0.2, 0.25) is 0 Å². The number of para-hydroxylation sites is 1. The van der Waals surface area contributed by atoms with Crippen LogP contribution in [-0.2, 0) is 0 Å². The molecule has 4 nitrogen and oxygen atoms in total. The monoisotopic (exact) mass is 280 g/mol. The summed E-state index contributed by atoms with van der Waals surface area (Å²) < 4.78 is 0. The molecule has 0 fully saturated rings. The summed E-state index contributed by atoms with van der Waals surface area (Å²) in [5.74, 6) is 0. The van der Waals surface area contributed by atoms with Gasteiger partial charge in [0, 0.05) is 23.6 Å². The van der Waals surface area contributed by atoms with Crippen molar-refractivity contribution in [1.82, 2.24) is 0 Å². The fourth-order valence-electron chi connectivity index (χ4n) is 1.38. The Balaban J connectivity index is 2.24. The molecule has 92 valence electrons. The standard InChI is InChI=1S/C12H10Cl2N4/c13-15-9-4-3-5-10(8-9)17-18-12-7-2-1-6-11(12)16-14/h1-8,15-16H. The minimum absolute atomic E-state index is 0.664. The maximum Gasteiger partial charge on any atom is 0.110 e. The molecule has 0 amide bonds. The molecular formula is C12H10Cl2N4. The molecule has 0 unspecified atom stereocenters. The minimum atomic E-state index is 0.664. The molecule has 0 heterocycles. The molecule has 0 aromatic heterocycles. The molecule has 0 radical (unpaired) electrons. The van der Waals surface area contributed by atoms with Crippen LogP contribution in [0.25, 0.3) is 0 Å². The number of anilines is 2. The minimum Gasteiger partial charge on any atom is -0.298 e. The summed E-state index contributed by atoms with van der Waals surface area (Å²) in [6.07, 6.45) is 0. The van der Waals surface area contributed by atoms with Crippen molar-refractivity contribution < 1.29 is 0 Å². The first-order valence-electron chi connectivity index (χ1n) is 5.17. The van der Waals surface area contributed by atoms with Crippen molar-refractivity contribution in [3.63, 3.8) is 0 Å². The Labute approximate surface area is 115 Å². The van der Waals surface area contributed by atoms with E-state index in [4.69, 9.17) is 23.6 Å². The Bertz CT molecular complexity index is 557. The molecule has 0 spiro atoms. The number of nitrogens with zero attached hydrogens (tertiary/aromatic N) is 2. The lowest BCUT2D eigenvalue weighted by atomic mass is 10.3. The van der Waals surface area contributed by atoms with E-state index in [-0.39, 0.29) is 0 Å². The third-order valence-corrected chi connectivity index (χ3v) is 2.66. The largest absolute Gasteiger partial charge is 0.298 e. The fraction of sp³-hybridized carbons (Fsp3) is 0. The maximum absolute atomic E-state index is 5.58. The van der Waals surface area contributed by atoms with E-state index >= 15 is 0 Å². The topological polar surface area (TPSA) is 48.8 Å². The SMILES string of the molecule is ClNc1cccc(N=Nc2ccccc2NCl)c1. The number of azo groups is 1. The zero-order chi connectivity index (χ0) is 12.8. The molecule has 0 aliphatic carbocycles. The van der Waals surface area contributed by atoms with Gasteiger partial charge in [0.25, 0.3) is 0 Å². The highest BCUT2D eigenvalue weighted by Gasteiger charge is 1.98. The van der Waals surface area contributed by atoms with E-state index in [1.54, 1.807) is 6.07 Å². The van der Waals surface area contributed by atoms with Crippen LogP contribution in [-0.4, -0.2) is 0 Å². The molecule has 2 aromatic rings. The first-order chi connectivity index (χ1) is 8.83. The average Bonchev–Trinajstić information content (AvgIpc) is 2.45. The van der Waals surface area contributed by atoms with E-state index in [0.29, 0.717) is 17.1 Å². The van der Waals surface area contributed by atoms with Gasteiger partial charge in [0.15, 0.2) is 0 Å². The molecule has 2 N–H and O–H groups in total. The van der Waals surface area contributed by atoms with Crippen molar-refractivity contribution in [1.29, 1.82) is 0 Å². The summed E-state index contributed by atoms with van der Waals surface area (Å²) in [5.41, 5.74) is 2.83. The molecule has 0 aliphatic heterocycles. The third kappa shape index (κ3) is 3.12. The van der Waals surface area contributed by atoms with Crippen molar-refractivity contribution in [2.45, 2.75) is 0 Å². The molecule has 18 heavy (non-hydrogen) atoms.